The van der Waals surface area contributed by atoms with Crippen LogP contribution in [0.4, 0.5) is 0 Å². The van der Waals surface area contributed by atoms with Crippen molar-refractivity contribution in [2.75, 3.05) is 14.2 Å². The highest BCUT2D eigenvalue weighted by Gasteiger charge is 2.18. The maximum absolute atomic E-state index is 6.50. The summed E-state index contributed by atoms with van der Waals surface area (Å²) in [6.07, 6.45) is 3.46. The van der Waals surface area contributed by atoms with Crippen molar-refractivity contribution in [3.05, 3.63) is 46.3 Å². The molecule has 0 N–H and O–H groups in total. The van der Waals surface area contributed by atoms with Crippen molar-refractivity contribution in [1.29, 1.82) is 0 Å². The molecule has 4 nitrogen and oxygen atoms in total. The van der Waals surface area contributed by atoms with E-state index in [9.17, 15) is 0 Å². The fourth-order valence-electron chi connectivity index (χ4n) is 2.51. The maximum Gasteiger partial charge on any atom is 0.141 e. The number of halogens is 2. The van der Waals surface area contributed by atoms with Gasteiger partial charge in [-0.25, -0.2) is 4.98 Å². The van der Waals surface area contributed by atoms with E-state index in [0.29, 0.717) is 21.7 Å². The summed E-state index contributed by atoms with van der Waals surface area (Å²) < 4.78 is 10.7. The van der Waals surface area contributed by atoms with E-state index in [4.69, 9.17) is 32.7 Å². The zero-order valence-electron chi connectivity index (χ0n) is 12.9. The highest BCUT2D eigenvalue weighted by Crippen LogP contribution is 2.42. The molecule has 3 aromatic rings. The molecular weight excluding hydrogens is 335 g/mol. The van der Waals surface area contributed by atoms with E-state index < -0.39 is 0 Å². The van der Waals surface area contributed by atoms with Gasteiger partial charge in [-0.15, -0.1) is 0 Å². The summed E-state index contributed by atoms with van der Waals surface area (Å²) in [4.78, 5) is 8.62. The van der Waals surface area contributed by atoms with Gasteiger partial charge in [-0.1, -0.05) is 23.2 Å². The first-order valence-corrected chi connectivity index (χ1v) is 7.63. The third kappa shape index (κ3) is 2.80. The fraction of sp³-hybridized carbons (Fsp3) is 0.176. The Morgan fingerprint density at radius 2 is 1.52 bits per heavy atom. The van der Waals surface area contributed by atoms with Gasteiger partial charge >= 0.3 is 0 Å². The molecule has 2 aromatic heterocycles. The van der Waals surface area contributed by atoms with Crippen LogP contribution in [-0.2, 0) is 0 Å². The largest absolute Gasteiger partial charge is 0.496 e. The van der Waals surface area contributed by atoms with Crippen LogP contribution in [0.2, 0.25) is 10.2 Å². The van der Waals surface area contributed by atoms with Gasteiger partial charge in [0.1, 0.15) is 16.7 Å². The summed E-state index contributed by atoms with van der Waals surface area (Å²) in [7, 11) is 3.18. The monoisotopic (exact) mass is 348 g/mol. The molecule has 118 valence electrons. The number of pyridine rings is 2. The van der Waals surface area contributed by atoms with Gasteiger partial charge in [0, 0.05) is 40.4 Å². The normalized spacial score (nSPS) is 10.8. The predicted octanol–water partition coefficient (Wildman–Crippen LogP) is 4.93. The minimum Gasteiger partial charge on any atom is -0.496 e. The molecule has 0 amide bonds. The smallest absolute Gasteiger partial charge is 0.141 e. The molecule has 6 heteroatoms. The second-order valence-corrected chi connectivity index (χ2v) is 5.78. The predicted molar refractivity (Wildman–Crippen MR) is 92.8 cm³/mol. The molecule has 1 aromatic carbocycles. The van der Waals surface area contributed by atoms with Crippen molar-refractivity contribution in [3.8, 4) is 22.8 Å². The van der Waals surface area contributed by atoms with Crippen molar-refractivity contribution in [3.63, 3.8) is 0 Å². The number of benzene rings is 1. The van der Waals surface area contributed by atoms with Crippen LogP contribution in [0.5, 0.6) is 11.5 Å². The van der Waals surface area contributed by atoms with E-state index in [1.165, 1.54) is 0 Å². The Morgan fingerprint density at radius 3 is 2.22 bits per heavy atom. The SMILES string of the molecule is COc1cc(OC)c(Cl)c(-c2cc3cnc(Cl)cc3cn2)c1C. The van der Waals surface area contributed by atoms with E-state index in [1.807, 2.05) is 13.0 Å². The number of nitrogens with zero attached hydrogens (tertiary/aromatic N) is 2. The van der Waals surface area contributed by atoms with Gasteiger partial charge in [0.15, 0.2) is 0 Å². The molecule has 0 atom stereocenters. The zero-order chi connectivity index (χ0) is 16.6. The Hall–Kier alpha value is -2.04. The Morgan fingerprint density at radius 1 is 0.870 bits per heavy atom. The standard InChI is InChI=1S/C17H14Cl2N2O2/c1-9-13(22-2)6-14(23-3)17(19)16(9)12-4-10-8-21-15(18)5-11(10)7-20-12/h4-8H,1-3H3. The van der Waals surface area contributed by atoms with Gasteiger partial charge in [-0.3, -0.25) is 4.98 Å². The average Bonchev–Trinajstić information content (AvgIpc) is 2.55. The first kappa shape index (κ1) is 15.8. The Bertz CT molecular complexity index is 869. The molecule has 0 aliphatic rings. The van der Waals surface area contributed by atoms with Crippen molar-refractivity contribution < 1.29 is 9.47 Å². The number of hydrogen-bond acceptors (Lipinski definition) is 4. The molecule has 2 heterocycles. The molecule has 0 fully saturated rings. The van der Waals surface area contributed by atoms with Crippen LogP contribution >= 0.6 is 23.2 Å². The van der Waals surface area contributed by atoms with Crippen molar-refractivity contribution >= 4 is 34.0 Å². The highest BCUT2D eigenvalue weighted by molar-refractivity contribution is 6.35. The van der Waals surface area contributed by atoms with Gasteiger partial charge in [0.2, 0.25) is 0 Å². The van der Waals surface area contributed by atoms with Crippen molar-refractivity contribution in [2.24, 2.45) is 0 Å². The maximum atomic E-state index is 6.50. The number of ether oxygens (including phenoxy) is 2. The van der Waals surface area contributed by atoms with E-state index in [2.05, 4.69) is 9.97 Å². The van der Waals surface area contributed by atoms with Crippen LogP contribution in [0.25, 0.3) is 22.0 Å². The van der Waals surface area contributed by atoms with E-state index in [0.717, 1.165) is 27.6 Å². The number of rotatable bonds is 3. The van der Waals surface area contributed by atoms with Crippen LogP contribution in [0.1, 0.15) is 5.56 Å². The van der Waals surface area contributed by atoms with Gasteiger partial charge in [0.05, 0.1) is 24.9 Å². The Balaban J connectivity index is 2.27. The lowest BCUT2D eigenvalue weighted by molar-refractivity contribution is 0.393. The van der Waals surface area contributed by atoms with Crippen molar-refractivity contribution in [1.82, 2.24) is 9.97 Å². The van der Waals surface area contributed by atoms with Crippen LogP contribution in [0.15, 0.2) is 30.6 Å². The lowest BCUT2D eigenvalue weighted by Gasteiger charge is -2.15. The Kier molecular flexibility index (Phi) is 4.28. The summed E-state index contributed by atoms with van der Waals surface area (Å²) in [6.45, 7) is 1.94. The quantitative estimate of drug-likeness (QED) is 0.629. The summed E-state index contributed by atoms with van der Waals surface area (Å²) in [5.74, 6) is 1.23. The van der Waals surface area contributed by atoms with Gasteiger partial charge in [-0.2, -0.15) is 0 Å². The van der Waals surface area contributed by atoms with Gasteiger partial charge < -0.3 is 9.47 Å². The van der Waals surface area contributed by atoms with E-state index >= 15 is 0 Å². The zero-order valence-corrected chi connectivity index (χ0v) is 14.4. The van der Waals surface area contributed by atoms with Gasteiger partial charge in [-0.05, 0) is 19.1 Å². The molecule has 0 aliphatic carbocycles. The summed E-state index contributed by atoms with van der Waals surface area (Å²) in [5.41, 5.74) is 2.40. The molecule has 0 saturated heterocycles. The van der Waals surface area contributed by atoms with Crippen LogP contribution in [0.3, 0.4) is 0 Å². The number of fused-ring (bicyclic) bond motifs is 1. The average molecular weight is 349 g/mol. The molecule has 0 bridgehead atoms. The van der Waals surface area contributed by atoms with Gasteiger partial charge in [0.25, 0.3) is 0 Å². The number of methoxy groups -OCH3 is 2. The molecule has 0 aliphatic heterocycles. The Labute approximate surface area is 144 Å². The molecule has 0 radical (unpaired) electrons. The number of hydrogen-bond donors (Lipinski definition) is 0. The summed E-state index contributed by atoms with van der Waals surface area (Å²) >= 11 is 12.4. The van der Waals surface area contributed by atoms with E-state index in [1.54, 1.807) is 38.7 Å². The van der Waals surface area contributed by atoms with Crippen LogP contribution in [0, 0.1) is 6.92 Å². The molecule has 23 heavy (non-hydrogen) atoms. The second-order valence-electron chi connectivity index (χ2n) is 5.02. The third-order valence-electron chi connectivity index (χ3n) is 3.71. The van der Waals surface area contributed by atoms with Crippen LogP contribution < -0.4 is 9.47 Å². The second kappa shape index (κ2) is 6.22. The first-order chi connectivity index (χ1) is 11.0. The molecule has 0 spiro atoms. The van der Waals surface area contributed by atoms with Crippen LogP contribution in [-0.4, -0.2) is 24.2 Å². The molecule has 0 unspecified atom stereocenters. The number of aromatic nitrogens is 2. The minimum absolute atomic E-state index is 0.435. The molecule has 3 rings (SSSR count). The lowest BCUT2D eigenvalue weighted by Crippen LogP contribution is -1.97. The van der Waals surface area contributed by atoms with E-state index in [-0.39, 0.29) is 0 Å². The highest BCUT2D eigenvalue weighted by atomic mass is 35.5. The first-order valence-electron chi connectivity index (χ1n) is 6.88. The summed E-state index contributed by atoms with van der Waals surface area (Å²) in [6, 6.07) is 5.46. The summed E-state index contributed by atoms with van der Waals surface area (Å²) in [5, 5.41) is 2.78. The molecule has 0 saturated carbocycles. The fourth-order valence-corrected chi connectivity index (χ4v) is 3.05. The molecular formula is C17H14Cl2N2O2. The van der Waals surface area contributed by atoms with Crippen molar-refractivity contribution in [2.45, 2.75) is 6.92 Å². The lowest BCUT2D eigenvalue weighted by atomic mass is 10.0. The minimum atomic E-state index is 0.435. The topological polar surface area (TPSA) is 44.2 Å². The third-order valence-corrected chi connectivity index (χ3v) is 4.29.